The molecule has 0 radical (unpaired) electrons. The summed E-state index contributed by atoms with van der Waals surface area (Å²) in [7, 11) is 0. The topological polar surface area (TPSA) is 88.9 Å². The van der Waals surface area contributed by atoms with Gasteiger partial charge < -0.3 is 10.6 Å². The normalized spacial score (nSPS) is 11.6. The molecule has 0 spiro atoms. The lowest BCUT2D eigenvalue weighted by Gasteiger charge is -2.12. The number of aryl methyl sites for hydroxylation is 1. The Balaban J connectivity index is 1.64. The van der Waals surface area contributed by atoms with E-state index in [0.717, 1.165) is 11.1 Å². The number of anilines is 1. The molecule has 0 unspecified atom stereocenters. The van der Waals surface area contributed by atoms with Crippen LogP contribution in [0.1, 0.15) is 46.2 Å². The first-order chi connectivity index (χ1) is 17.0. The van der Waals surface area contributed by atoms with Crippen molar-refractivity contribution in [3.05, 3.63) is 77.5 Å². The van der Waals surface area contributed by atoms with Crippen LogP contribution in [0.25, 0.3) is 22.3 Å². The van der Waals surface area contributed by atoms with Crippen LogP contribution in [0.3, 0.4) is 0 Å². The maximum absolute atomic E-state index is 13.3. The zero-order chi connectivity index (χ0) is 26.0. The minimum Gasteiger partial charge on any atom is -0.343 e. The third kappa shape index (κ3) is 5.37. The number of hydrogen-bond acceptors (Lipinski definition) is 4. The van der Waals surface area contributed by atoms with Gasteiger partial charge in [-0.3, -0.25) is 9.59 Å². The van der Waals surface area contributed by atoms with E-state index in [1.54, 1.807) is 16.9 Å². The number of carbonyl (C=O) groups excluding carboxylic acids is 2. The van der Waals surface area contributed by atoms with Crippen molar-refractivity contribution in [3.8, 4) is 11.3 Å². The predicted molar refractivity (Wildman–Crippen MR) is 131 cm³/mol. The molecule has 0 aliphatic carbocycles. The van der Waals surface area contributed by atoms with Gasteiger partial charge >= 0.3 is 6.18 Å². The lowest BCUT2D eigenvalue weighted by atomic mass is 10.0. The van der Waals surface area contributed by atoms with E-state index in [1.807, 2.05) is 50.4 Å². The van der Waals surface area contributed by atoms with Crippen LogP contribution in [0.5, 0.6) is 0 Å². The molecular weight excluding hydrogens is 471 g/mol. The lowest BCUT2D eigenvalue weighted by Crippen LogP contribution is -2.33. The fourth-order valence-electron chi connectivity index (χ4n) is 3.77. The number of rotatable bonds is 6. The van der Waals surface area contributed by atoms with E-state index in [2.05, 4.69) is 10.4 Å². The van der Waals surface area contributed by atoms with E-state index in [4.69, 9.17) is 4.98 Å². The smallest absolute Gasteiger partial charge is 0.343 e. The van der Waals surface area contributed by atoms with Gasteiger partial charge in [0.25, 0.3) is 11.8 Å². The number of nitrogens with zero attached hydrogens (tertiary/aromatic N) is 3. The Hall–Kier alpha value is -4.21. The summed E-state index contributed by atoms with van der Waals surface area (Å²) in [6.07, 6.45) is -2.90. The molecule has 0 bridgehead atoms. The number of halogens is 3. The summed E-state index contributed by atoms with van der Waals surface area (Å²) in [5.74, 6) is -1.26. The highest BCUT2D eigenvalue weighted by Crippen LogP contribution is 2.28. The van der Waals surface area contributed by atoms with Crippen molar-refractivity contribution in [2.24, 2.45) is 0 Å². The largest absolute Gasteiger partial charge is 0.405 e. The second-order valence-electron chi connectivity index (χ2n) is 8.62. The molecule has 0 aliphatic heterocycles. The molecule has 4 rings (SSSR count). The Kier molecular flexibility index (Phi) is 6.78. The second-order valence-corrected chi connectivity index (χ2v) is 8.62. The first-order valence-electron chi connectivity index (χ1n) is 11.2. The maximum Gasteiger partial charge on any atom is 0.405 e. The SMILES string of the molecule is Cc1ccccc1-c1cc(C(=O)Nc2ccc(C(=O)NCC(F)(F)F)cc2)c2cnn(C(C)C)c2n1. The zero-order valence-electron chi connectivity index (χ0n) is 19.8. The van der Waals surface area contributed by atoms with Crippen LogP contribution in [-0.4, -0.2) is 39.3 Å². The Morgan fingerprint density at radius 2 is 1.72 bits per heavy atom. The van der Waals surface area contributed by atoms with Crippen LogP contribution in [0, 0.1) is 6.92 Å². The van der Waals surface area contributed by atoms with Gasteiger partial charge in [-0.25, -0.2) is 9.67 Å². The molecule has 0 fully saturated rings. The van der Waals surface area contributed by atoms with Crippen molar-refractivity contribution < 1.29 is 22.8 Å². The van der Waals surface area contributed by atoms with Gasteiger partial charge in [-0.15, -0.1) is 0 Å². The second kappa shape index (κ2) is 9.80. The maximum atomic E-state index is 13.3. The highest BCUT2D eigenvalue weighted by Gasteiger charge is 2.28. The van der Waals surface area contributed by atoms with Crippen molar-refractivity contribution in [1.82, 2.24) is 20.1 Å². The van der Waals surface area contributed by atoms with Gasteiger partial charge in [0.15, 0.2) is 5.65 Å². The fraction of sp³-hybridized carbons (Fsp3) is 0.231. The number of pyridine rings is 1. The van der Waals surface area contributed by atoms with Crippen LogP contribution in [0.4, 0.5) is 18.9 Å². The third-order valence-corrected chi connectivity index (χ3v) is 5.58. The molecule has 7 nitrogen and oxygen atoms in total. The van der Waals surface area contributed by atoms with E-state index >= 15 is 0 Å². The van der Waals surface area contributed by atoms with Gasteiger partial charge in [0.05, 0.1) is 22.8 Å². The van der Waals surface area contributed by atoms with E-state index in [1.165, 1.54) is 24.3 Å². The van der Waals surface area contributed by atoms with Gasteiger partial charge in [-0.05, 0) is 56.7 Å². The van der Waals surface area contributed by atoms with Gasteiger partial charge in [0.2, 0.25) is 0 Å². The summed E-state index contributed by atoms with van der Waals surface area (Å²) in [5, 5.41) is 9.61. The molecule has 10 heteroatoms. The fourth-order valence-corrected chi connectivity index (χ4v) is 3.77. The molecule has 2 aromatic heterocycles. The Morgan fingerprint density at radius 3 is 2.36 bits per heavy atom. The van der Waals surface area contributed by atoms with Crippen molar-refractivity contribution in [2.75, 3.05) is 11.9 Å². The Bertz CT molecular complexity index is 1430. The number of carbonyl (C=O) groups is 2. The molecule has 0 saturated carbocycles. The monoisotopic (exact) mass is 495 g/mol. The average molecular weight is 496 g/mol. The molecular formula is C26H24F3N5O2. The molecule has 2 aromatic carbocycles. The van der Waals surface area contributed by atoms with Crippen LogP contribution in [0.15, 0.2) is 60.8 Å². The molecule has 36 heavy (non-hydrogen) atoms. The summed E-state index contributed by atoms with van der Waals surface area (Å²) in [6.45, 7) is 4.49. The molecule has 2 heterocycles. The van der Waals surface area contributed by atoms with Crippen LogP contribution < -0.4 is 10.6 Å². The number of nitrogens with one attached hydrogen (secondary N) is 2. The van der Waals surface area contributed by atoms with E-state index in [0.29, 0.717) is 28.0 Å². The number of fused-ring (bicyclic) bond motifs is 1. The summed E-state index contributed by atoms with van der Waals surface area (Å²) in [4.78, 5) is 30.1. The number of hydrogen-bond donors (Lipinski definition) is 2. The standard InChI is InChI=1S/C26H24F3N5O2/c1-15(2)34-23-21(13-31-34)20(12-22(33-23)19-7-5-4-6-16(19)3)25(36)32-18-10-8-17(9-11-18)24(35)30-14-26(27,28)29/h4-13,15H,14H2,1-3H3,(H,30,35)(H,32,36). The summed E-state index contributed by atoms with van der Waals surface area (Å²) >= 11 is 0. The zero-order valence-corrected chi connectivity index (χ0v) is 19.8. The first-order valence-corrected chi connectivity index (χ1v) is 11.2. The van der Waals surface area contributed by atoms with Gasteiger partial charge in [-0.2, -0.15) is 18.3 Å². The summed E-state index contributed by atoms with van der Waals surface area (Å²) in [6, 6.07) is 15.1. The summed E-state index contributed by atoms with van der Waals surface area (Å²) in [5.41, 5.74) is 3.90. The first kappa shape index (κ1) is 24.9. The van der Waals surface area contributed by atoms with Crippen LogP contribution >= 0.6 is 0 Å². The molecule has 0 atom stereocenters. The molecule has 2 N–H and O–H groups in total. The van der Waals surface area contributed by atoms with Crippen molar-refractivity contribution in [2.45, 2.75) is 33.0 Å². The van der Waals surface area contributed by atoms with Gasteiger partial charge in [0, 0.05) is 22.9 Å². The third-order valence-electron chi connectivity index (χ3n) is 5.58. The van der Waals surface area contributed by atoms with E-state index in [9.17, 15) is 22.8 Å². The lowest BCUT2D eigenvalue weighted by molar-refractivity contribution is -0.123. The molecule has 2 amide bonds. The minimum atomic E-state index is -4.50. The van der Waals surface area contributed by atoms with E-state index < -0.39 is 24.5 Å². The quantitative estimate of drug-likeness (QED) is 0.368. The van der Waals surface area contributed by atoms with Gasteiger partial charge in [-0.1, -0.05) is 24.3 Å². The Morgan fingerprint density at radius 1 is 1.03 bits per heavy atom. The molecule has 0 saturated heterocycles. The molecule has 0 aliphatic rings. The number of alkyl halides is 3. The average Bonchev–Trinajstić information content (AvgIpc) is 3.26. The number of amides is 2. The van der Waals surface area contributed by atoms with Crippen molar-refractivity contribution in [1.29, 1.82) is 0 Å². The minimum absolute atomic E-state index is 0.0223. The van der Waals surface area contributed by atoms with Crippen molar-refractivity contribution in [3.63, 3.8) is 0 Å². The molecule has 4 aromatic rings. The number of benzene rings is 2. The van der Waals surface area contributed by atoms with E-state index in [-0.39, 0.29) is 11.6 Å². The highest BCUT2D eigenvalue weighted by molar-refractivity contribution is 6.12. The van der Waals surface area contributed by atoms with Crippen molar-refractivity contribution >= 4 is 28.5 Å². The Labute approximate surface area is 205 Å². The molecule has 186 valence electrons. The highest BCUT2D eigenvalue weighted by atomic mass is 19.4. The number of aromatic nitrogens is 3. The van der Waals surface area contributed by atoms with Gasteiger partial charge in [0.1, 0.15) is 6.54 Å². The van der Waals surface area contributed by atoms with Crippen LogP contribution in [-0.2, 0) is 0 Å². The van der Waals surface area contributed by atoms with Crippen LogP contribution in [0.2, 0.25) is 0 Å². The predicted octanol–water partition coefficient (Wildman–Crippen LogP) is 5.53. The summed E-state index contributed by atoms with van der Waals surface area (Å²) < 4.78 is 38.8.